The molecule has 0 radical (unpaired) electrons. The van der Waals surface area contributed by atoms with Crippen LogP contribution >= 0.6 is 11.3 Å². The smallest absolute Gasteiger partial charge is 0.357 e. The molecule has 0 fully saturated rings. The third kappa shape index (κ3) is 4.27. The zero-order valence-electron chi connectivity index (χ0n) is 17.2. The van der Waals surface area contributed by atoms with Crippen LogP contribution in [0, 0.1) is 0 Å². The predicted octanol–water partition coefficient (Wildman–Crippen LogP) is 3.27. The maximum atomic E-state index is 13.1. The van der Waals surface area contributed by atoms with Crippen LogP contribution in [0.2, 0.25) is 0 Å². The van der Waals surface area contributed by atoms with Crippen molar-refractivity contribution in [3.63, 3.8) is 0 Å². The monoisotopic (exact) mass is 429 g/mol. The number of nitrogens with one attached hydrogen (secondary N) is 1. The Kier molecular flexibility index (Phi) is 6.63. The minimum Gasteiger partial charge on any atom is -0.464 e. The van der Waals surface area contributed by atoms with E-state index in [1.165, 1.54) is 29.2 Å². The standard InChI is InChI=1S/C21H23N3O5S/c1-12(2)17-16(20(27)29-4)22-21(30-17)23-18(25)15-11-24(9-10-28-3)19(26)14-8-6-5-7-13(14)15/h5-8,11-12H,9-10H2,1-4H3,(H,22,23,25). The molecule has 0 saturated heterocycles. The molecule has 0 aliphatic rings. The quantitative estimate of drug-likeness (QED) is 0.579. The minimum atomic E-state index is -0.547. The zero-order valence-corrected chi connectivity index (χ0v) is 18.0. The highest BCUT2D eigenvalue weighted by Gasteiger charge is 2.23. The molecule has 0 unspecified atom stereocenters. The van der Waals surface area contributed by atoms with Gasteiger partial charge in [0.05, 0.1) is 19.3 Å². The van der Waals surface area contributed by atoms with E-state index >= 15 is 0 Å². The van der Waals surface area contributed by atoms with E-state index in [2.05, 4.69) is 10.3 Å². The second kappa shape index (κ2) is 9.19. The Bertz CT molecular complexity index is 1150. The van der Waals surface area contributed by atoms with Crippen molar-refractivity contribution in [2.45, 2.75) is 26.3 Å². The third-order valence-corrected chi connectivity index (χ3v) is 5.82. The lowest BCUT2D eigenvalue weighted by atomic mass is 10.1. The van der Waals surface area contributed by atoms with Crippen LogP contribution in [0.5, 0.6) is 0 Å². The highest BCUT2D eigenvalue weighted by molar-refractivity contribution is 7.16. The molecule has 1 N–H and O–H groups in total. The molecule has 158 valence electrons. The van der Waals surface area contributed by atoms with Crippen molar-refractivity contribution in [3.8, 4) is 0 Å². The number of benzene rings is 1. The number of amides is 1. The average Bonchev–Trinajstić information content (AvgIpc) is 3.17. The van der Waals surface area contributed by atoms with E-state index in [0.717, 1.165) is 4.88 Å². The lowest BCUT2D eigenvalue weighted by Crippen LogP contribution is -2.25. The number of carbonyl (C=O) groups excluding carboxylic acids is 2. The fourth-order valence-electron chi connectivity index (χ4n) is 3.06. The Morgan fingerprint density at radius 3 is 2.53 bits per heavy atom. The fraction of sp³-hybridized carbons (Fsp3) is 0.333. The highest BCUT2D eigenvalue weighted by Crippen LogP contribution is 2.30. The van der Waals surface area contributed by atoms with E-state index in [1.807, 2.05) is 13.8 Å². The van der Waals surface area contributed by atoms with Crippen molar-refractivity contribution in [3.05, 3.63) is 57.0 Å². The first-order valence-corrected chi connectivity index (χ1v) is 10.2. The number of thiazole rings is 1. The van der Waals surface area contributed by atoms with Crippen LogP contribution in [-0.2, 0) is 16.0 Å². The molecule has 0 bridgehead atoms. The summed E-state index contributed by atoms with van der Waals surface area (Å²) in [6.45, 7) is 4.53. The van der Waals surface area contributed by atoms with Crippen LogP contribution in [-0.4, -0.2) is 42.3 Å². The van der Waals surface area contributed by atoms with E-state index in [0.29, 0.717) is 34.6 Å². The van der Waals surface area contributed by atoms with Crippen LogP contribution in [0.1, 0.15) is 45.5 Å². The first-order valence-electron chi connectivity index (χ1n) is 9.38. The highest BCUT2D eigenvalue weighted by atomic mass is 32.1. The first kappa shape index (κ1) is 21.7. The number of rotatable bonds is 7. The summed E-state index contributed by atoms with van der Waals surface area (Å²) in [5, 5.41) is 4.04. The molecule has 9 heteroatoms. The number of carbonyl (C=O) groups is 2. The van der Waals surface area contributed by atoms with Gasteiger partial charge in [-0.05, 0) is 12.0 Å². The number of esters is 1. The maximum Gasteiger partial charge on any atom is 0.357 e. The second-order valence-electron chi connectivity index (χ2n) is 6.91. The second-order valence-corrected chi connectivity index (χ2v) is 7.94. The Morgan fingerprint density at radius 1 is 1.20 bits per heavy atom. The van der Waals surface area contributed by atoms with Gasteiger partial charge in [-0.25, -0.2) is 9.78 Å². The minimum absolute atomic E-state index is 0.0408. The number of hydrogen-bond acceptors (Lipinski definition) is 7. The lowest BCUT2D eigenvalue weighted by Gasteiger charge is -2.11. The normalized spacial score (nSPS) is 11.1. The molecular weight excluding hydrogens is 406 g/mol. The van der Waals surface area contributed by atoms with E-state index in [1.54, 1.807) is 31.4 Å². The summed E-state index contributed by atoms with van der Waals surface area (Å²) in [7, 11) is 2.84. The Morgan fingerprint density at radius 2 is 1.90 bits per heavy atom. The molecule has 3 aromatic rings. The fourth-order valence-corrected chi connectivity index (χ4v) is 4.01. The number of pyridine rings is 1. The summed E-state index contributed by atoms with van der Waals surface area (Å²) in [6.07, 6.45) is 1.53. The van der Waals surface area contributed by atoms with Crippen molar-refractivity contribution in [2.24, 2.45) is 0 Å². The summed E-state index contributed by atoms with van der Waals surface area (Å²) in [6, 6.07) is 6.94. The Hall–Kier alpha value is -3.04. The Balaban J connectivity index is 2.02. The lowest BCUT2D eigenvalue weighted by molar-refractivity contribution is 0.0593. The molecule has 0 atom stereocenters. The van der Waals surface area contributed by atoms with Crippen LogP contribution < -0.4 is 10.9 Å². The van der Waals surface area contributed by atoms with Crippen molar-refractivity contribution >= 4 is 39.1 Å². The van der Waals surface area contributed by atoms with Crippen molar-refractivity contribution in [1.29, 1.82) is 0 Å². The molecule has 0 aliphatic carbocycles. The molecule has 0 aliphatic heterocycles. The van der Waals surface area contributed by atoms with Gasteiger partial charge < -0.3 is 14.0 Å². The number of anilines is 1. The van der Waals surface area contributed by atoms with Gasteiger partial charge in [-0.3, -0.25) is 14.9 Å². The summed E-state index contributed by atoms with van der Waals surface area (Å²) in [4.78, 5) is 42.8. The van der Waals surface area contributed by atoms with E-state index in [-0.39, 0.29) is 17.2 Å². The number of fused-ring (bicyclic) bond motifs is 1. The maximum absolute atomic E-state index is 13.1. The van der Waals surface area contributed by atoms with E-state index in [9.17, 15) is 14.4 Å². The summed E-state index contributed by atoms with van der Waals surface area (Å²) < 4.78 is 11.3. The molecule has 0 saturated carbocycles. The van der Waals surface area contributed by atoms with E-state index in [4.69, 9.17) is 9.47 Å². The predicted molar refractivity (Wildman–Crippen MR) is 116 cm³/mol. The van der Waals surface area contributed by atoms with Crippen molar-refractivity contribution in [2.75, 3.05) is 26.1 Å². The van der Waals surface area contributed by atoms with E-state index < -0.39 is 11.9 Å². The topological polar surface area (TPSA) is 99.5 Å². The number of aromatic nitrogens is 2. The molecule has 3 rings (SSSR count). The van der Waals surface area contributed by atoms with Gasteiger partial charge in [-0.2, -0.15) is 0 Å². The number of nitrogens with zero attached hydrogens (tertiary/aromatic N) is 2. The molecule has 2 heterocycles. The molecule has 8 nitrogen and oxygen atoms in total. The van der Waals surface area contributed by atoms with Gasteiger partial charge in [0.15, 0.2) is 10.8 Å². The van der Waals surface area contributed by atoms with Crippen molar-refractivity contribution < 1.29 is 19.1 Å². The summed E-state index contributed by atoms with van der Waals surface area (Å²) in [5.41, 5.74) is 0.341. The Labute approximate surface area is 177 Å². The van der Waals surface area contributed by atoms with Gasteiger partial charge in [0.25, 0.3) is 11.5 Å². The van der Waals surface area contributed by atoms with Gasteiger partial charge in [-0.1, -0.05) is 32.0 Å². The third-order valence-electron chi connectivity index (χ3n) is 4.55. The van der Waals surface area contributed by atoms with Crippen LogP contribution in [0.3, 0.4) is 0 Å². The van der Waals surface area contributed by atoms with Gasteiger partial charge in [0.1, 0.15) is 0 Å². The van der Waals surface area contributed by atoms with Crippen LogP contribution in [0.4, 0.5) is 5.13 Å². The summed E-state index contributed by atoms with van der Waals surface area (Å²) in [5.74, 6) is -0.925. The first-order chi connectivity index (χ1) is 14.4. The van der Waals surface area contributed by atoms with Gasteiger partial charge >= 0.3 is 5.97 Å². The molecule has 30 heavy (non-hydrogen) atoms. The SMILES string of the molecule is COCCn1cc(C(=O)Nc2nc(C(=O)OC)c(C(C)C)s2)c2ccccc2c1=O. The number of hydrogen-bond donors (Lipinski definition) is 1. The summed E-state index contributed by atoms with van der Waals surface area (Å²) >= 11 is 1.23. The molecule has 0 spiro atoms. The molecule has 1 amide bonds. The van der Waals surface area contributed by atoms with Crippen LogP contribution in [0.15, 0.2) is 35.3 Å². The zero-order chi connectivity index (χ0) is 21.8. The van der Waals surface area contributed by atoms with Gasteiger partial charge in [0.2, 0.25) is 0 Å². The number of ether oxygens (including phenoxy) is 2. The van der Waals surface area contributed by atoms with Gasteiger partial charge in [0, 0.05) is 35.5 Å². The largest absolute Gasteiger partial charge is 0.464 e. The van der Waals surface area contributed by atoms with Crippen molar-refractivity contribution in [1.82, 2.24) is 9.55 Å². The van der Waals surface area contributed by atoms with Crippen LogP contribution in [0.25, 0.3) is 10.8 Å². The molecular formula is C21H23N3O5S. The van der Waals surface area contributed by atoms with Gasteiger partial charge in [-0.15, -0.1) is 11.3 Å². The molecule has 2 aromatic heterocycles. The number of methoxy groups -OCH3 is 2. The molecule has 1 aromatic carbocycles. The average molecular weight is 429 g/mol.